The van der Waals surface area contributed by atoms with E-state index in [2.05, 4.69) is 10.3 Å². The fourth-order valence-corrected chi connectivity index (χ4v) is 6.59. The summed E-state index contributed by atoms with van der Waals surface area (Å²) < 4.78 is 38.6. The van der Waals surface area contributed by atoms with E-state index < -0.39 is 16.0 Å². The number of thiazole rings is 1. The van der Waals surface area contributed by atoms with Gasteiger partial charge in [-0.1, -0.05) is 23.5 Å². The number of Topliss-reactive ketones (excluding diaryl/α,β-unsaturated/α-hetero) is 1. The van der Waals surface area contributed by atoms with Crippen molar-refractivity contribution in [2.24, 2.45) is 5.92 Å². The molecule has 1 N–H and O–H groups in total. The molecule has 3 aromatic rings. The molecule has 1 aliphatic heterocycles. The van der Waals surface area contributed by atoms with Gasteiger partial charge in [-0.2, -0.15) is 4.31 Å². The Bertz CT molecular complexity index is 1440. The Labute approximate surface area is 225 Å². The maximum absolute atomic E-state index is 13.2. The Morgan fingerprint density at radius 2 is 1.76 bits per heavy atom. The van der Waals surface area contributed by atoms with E-state index in [1.807, 2.05) is 0 Å². The molecule has 0 atom stereocenters. The van der Waals surface area contributed by atoms with E-state index >= 15 is 0 Å². The Balaban J connectivity index is 1.40. The van der Waals surface area contributed by atoms with Gasteiger partial charge in [0, 0.05) is 18.7 Å². The zero-order valence-electron chi connectivity index (χ0n) is 21.1. The predicted molar refractivity (Wildman–Crippen MR) is 143 cm³/mol. The van der Waals surface area contributed by atoms with Crippen molar-refractivity contribution in [2.75, 3.05) is 38.2 Å². The molecular weight excluding hydrogens is 530 g/mol. The van der Waals surface area contributed by atoms with Crippen LogP contribution in [0.4, 0.5) is 5.13 Å². The van der Waals surface area contributed by atoms with E-state index in [9.17, 15) is 22.8 Å². The highest BCUT2D eigenvalue weighted by molar-refractivity contribution is 7.89. The van der Waals surface area contributed by atoms with Crippen molar-refractivity contribution in [3.05, 3.63) is 53.6 Å². The van der Waals surface area contributed by atoms with Gasteiger partial charge in [0.15, 0.2) is 10.9 Å². The molecule has 0 bridgehead atoms. The first-order valence-electron chi connectivity index (χ1n) is 12.3. The van der Waals surface area contributed by atoms with Crippen LogP contribution in [0, 0.1) is 5.92 Å². The van der Waals surface area contributed by atoms with Crippen molar-refractivity contribution in [3.63, 3.8) is 0 Å². The summed E-state index contributed by atoms with van der Waals surface area (Å²) in [4.78, 5) is 41.3. The lowest BCUT2D eigenvalue weighted by molar-refractivity contribution is -0.149. The topological polar surface area (TPSA) is 132 Å². The number of sulfonamides is 1. The number of piperidine rings is 1. The maximum Gasteiger partial charge on any atom is 0.338 e. The van der Waals surface area contributed by atoms with Crippen LogP contribution in [0.15, 0.2) is 47.4 Å². The van der Waals surface area contributed by atoms with Gasteiger partial charge in [0.1, 0.15) is 0 Å². The maximum atomic E-state index is 13.2. The zero-order valence-corrected chi connectivity index (χ0v) is 22.8. The van der Waals surface area contributed by atoms with Gasteiger partial charge in [-0.3, -0.25) is 9.59 Å². The van der Waals surface area contributed by atoms with Crippen LogP contribution in [0.25, 0.3) is 10.2 Å². The van der Waals surface area contributed by atoms with Gasteiger partial charge < -0.3 is 14.8 Å². The van der Waals surface area contributed by atoms with Gasteiger partial charge in [0.2, 0.25) is 10.0 Å². The van der Waals surface area contributed by atoms with Crippen molar-refractivity contribution < 1.29 is 32.3 Å². The molecule has 0 amide bonds. The molecule has 10 nitrogen and oxygen atoms in total. The lowest BCUT2D eigenvalue weighted by Crippen LogP contribution is -2.40. The molecule has 0 aliphatic carbocycles. The van der Waals surface area contributed by atoms with Crippen molar-refractivity contribution in [2.45, 2.75) is 31.6 Å². The summed E-state index contributed by atoms with van der Waals surface area (Å²) in [5.41, 5.74) is 1.36. The lowest BCUT2D eigenvalue weighted by atomic mass is 9.98. The molecule has 4 rings (SSSR count). The molecule has 2 aromatic carbocycles. The third-order valence-electron chi connectivity index (χ3n) is 6.17. The monoisotopic (exact) mass is 559 g/mol. The number of nitrogens with zero attached hydrogens (tertiary/aromatic N) is 2. The Hall–Kier alpha value is -3.35. The molecule has 0 spiro atoms. The smallest absolute Gasteiger partial charge is 0.338 e. The minimum Gasteiger partial charge on any atom is -0.466 e. The number of ketones is 1. The number of carbonyl (C=O) groups excluding carboxylic acids is 3. The molecule has 1 fully saturated rings. The van der Waals surface area contributed by atoms with Crippen molar-refractivity contribution in [1.29, 1.82) is 0 Å². The number of esters is 2. The number of ether oxygens (including phenoxy) is 2. The molecule has 2 heterocycles. The highest BCUT2D eigenvalue weighted by Gasteiger charge is 2.33. The van der Waals surface area contributed by atoms with E-state index in [-0.39, 0.29) is 54.4 Å². The Morgan fingerprint density at radius 3 is 2.47 bits per heavy atom. The largest absolute Gasteiger partial charge is 0.466 e. The first kappa shape index (κ1) is 27.7. The number of aromatic nitrogens is 1. The first-order valence-corrected chi connectivity index (χ1v) is 14.6. The quantitative estimate of drug-likeness (QED) is 0.291. The average Bonchev–Trinajstić information content (AvgIpc) is 3.34. The van der Waals surface area contributed by atoms with Crippen LogP contribution in [0.3, 0.4) is 0 Å². The highest BCUT2D eigenvalue weighted by atomic mass is 32.2. The standard InChI is InChI=1S/C26H29N3O7S2/c1-3-35-24(31)17-10-12-29(13-11-17)38(33,34)20-7-5-6-18(14-20)22(30)16-27-26-28-21-9-8-19(15-23(21)37-26)25(32)36-4-2/h5-9,14-15,17H,3-4,10-13,16H2,1-2H3,(H,27,28). The molecular formula is C26H29N3O7S2. The summed E-state index contributed by atoms with van der Waals surface area (Å²) in [6.07, 6.45) is 0.786. The fourth-order valence-electron chi connectivity index (χ4n) is 4.17. The Morgan fingerprint density at radius 1 is 1.03 bits per heavy atom. The van der Waals surface area contributed by atoms with Crippen molar-refractivity contribution >= 4 is 54.4 Å². The number of benzene rings is 2. The second kappa shape index (κ2) is 12.0. The van der Waals surface area contributed by atoms with Crippen LogP contribution in [-0.2, 0) is 24.3 Å². The van der Waals surface area contributed by atoms with Gasteiger partial charge in [-0.15, -0.1) is 0 Å². The normalized spacial score (nSPS) is 14.8. The highest BCUT2D eigenvalue weighted by Crippen LogP contribution is 2.28. The average molecular weight is 560 g/mol. The number of carbonyl (C=O) groups is 3. The van der Waals surface area contributed by atoms with Crippen LogP contribution in [0.2, 0.25) is 0 Å². The third kappa shape index (κ3) is 6.20. The van der Waals surface area contributed by atoms with Crippen LogP contribution in [0.1, 0.15) is 47.4 Å². The summed E-state index contributed by atoms with van der Waals surface area (Å²) in [6, 6.07) is 11.0. The summed E-state index contributed by atoms with van der Waals surface area (Å²) >= 11 is 1.30. The van der Waals surface area contributed by atoms with Gasteiger partial charge in [0.05, 0.1) is 46.4 Å². The third-order valence-corrected chi connectivity index (χ3v) is 9.04. The van der Waals surface area contributed by atoms with Gasteiger partial charge in [0.25, 0.3) is 0 Å². The minimum absolute atomic E-state index is 0.0319. The number of nitrogens with one attached hydrogen (secondary N) is 1. The summed E-state index contributed by atoms with van der Waals surface area (Å²) in [5, 5.41) is 3.49. The second-order valence-corrected chi connectivity index (χ2v) is 11.6. The van der Waals surface area contributed by atoms with E-state index in [0.717, 1.165) is 4.70 Å². The predicted octanol–water partition coefficient (Wildman–Crippen LogP) is 3.73. The van der Waals surface area contributed by atoms with Gasteiger partial charge >= 0.3 is 11.9 Å². The second-order valence-electron chi connectivity index (χ2n) is 8.66. The van der Waals surface area contributed by atoms with E-state index in [4.69, 9.17) is 9.47 Å². The number of hydrogen-bond acceptors (Lipinski definition) is 10. The van der Waals surface area contributed by atoms with E-state index in [1.165, 1.54) is 27.8 Å². The van der Waals surface area contributed by atoms with Crippen LogP contribution >= 0.6 is 11.3 Å². The molecule has 0 saturated carbocycles. The fraction of sp³-hybridized carbons (Fsp3) is 0.385. The van der Waals surface area contributed by atoms with E-state index in [0.29, 0.717) is 35.7 Å². The van der Waals surface area contributed by atoms with E-state index in [1.54, 1.807) is 44.2 Å². The molecule has 0 unspecified atom stereocenters. The summed E-state index contributed by atoms with van der Waals surface area (Å²) in [6.45, 7) is 4.39. The molecule has 202 valence electrons. The Kier molecular flexibility index (Phi) is 8.75. The molecule has 0 radical (unpaired) electrons. The molecule has 12 heteroatoms. The number of hydrogen-bond donors (Lipinski definition) is 1. The first-order chi connectivity index (χ1) is 18.2. The van der Waals surface area contributed by atoms with Crippen LogP contribution in [-0.4, -0.2) is 68.3 Å². The van der Waals surface area contributed by atoms with Gasteiger partial charge in [-0.25, -0.2) is 18.2 Å². The zero-order chi connectivity index (χ0) is 27.3. The summed E-state index contributed by atoms with van der Waals surface area (Å²) in [5.74, 6) is -1.31. The van der Waals surface area contributed by atoms with Crippen molar-refractivity contribution in [3.8, 4) is 0 Å². The van der Waals surface area contributed by atoms with Crippen LogP contribution < -0.4 is 5.32 Å². The molecule has 38 heavy (non-hydrogen) atoms. The summed E-state index contributed by atoms with van der Waals surface area (Å²) in [7, 11) is -3.82. The minimum atomic E-state index is -3.82. The lowest BCUT2D eigenvalue weighted by Gasteiger charge is -2.30. The molecule has 1 aliphatic rings. The van der Waals surface area contributed by atoms with Crippen LogP contribution in [0.5, 0.6) is 0 Å². The van der Waals surface area contributed by atoms with Gasteiger partial charge in [-0.05, 0) is 57.0 Å². The molecule has 1 saturated heterocycles. The number of anilines is 1. The molecule has 1 aromatic heterocycles. The SMILES string of the molecule is CCOC(=O)c1ccc2nc(NCC(=O)c3cccc(S(=O)(=O)N4CCC(C(=O)OCC)CC4)c3)sc2c1. The number of fused-ring (bicyclic) bond motifs is 1. The van der Waals surface area contributed by atoms with Crippen molar-refractivity contribution in [1.82, 2.24) is 9.29 Å². The number of rotatable bonds is 10.